The Morgan fingerprint density at radius 3 is 2.29 bits per heavy atom. The van der Waals surface area contributed by atoms with Gasteiger partial charge < -0.3 is 10.5 Å². The number of methoxy groups -OCH3 is 1. The van der Waals surface area contributed by atoms with Gasteiger partial charge in [0.15, 0.2) is 0 Å². The molecule has 0 aromatic rings. The van der Waals surface area contributed by atoms with Crippen molar-refractivity contribution in [1.82, 2.24) is 0 Å². The van der Waals surface area contributed by atoms with Crippen LogP contribution in [0.1, 0.15) is 34.1 Å². The van der Waals surface area contributed by atoms with Gasteiger partial charge in [0.2, 0.25) is 0 Å². The van der Waals surface area contributed by atoms with Crippen molar-refractivity contribution >= 4 is 0 Å². The first-order valence-electron chi connectivity index (χ1n) is 4.91. The Bertz CT molecular complexity index is 272. The van der Waals surface area contributed by atoms with Crippen molar-refractivity contribution in [3.05, 3.63) is 34.8 Å². The monoisotopic (exact) mass is 195 g/mol. The smallest absolute Gasteiger partial charge is 0.123 e. The Morgan fingerprint density at radius 2 is 1.93 bits per heavy atom. The third-order valence-corrected chi connectivity index (χ3v) is 2.34. The van der Waals surface area contributed by atoms with Crippen molar-refractivity contribution in [2.24, 2.45) is 5.73 Å². The van der Waals surface area contributed by atoms with Gasteiger partial charge in [-0.05, 0) is 44.4 Å². The summed E-state index contributed by atoms with van der Waals surface area (Å²) in [5.41, 5.74) is 8.94. The molecule has 0 heterocycles. The van der Waals surface area contributed by atoms with Crippen LogP contribution in [0.15, 0.2) is 34.8 Å². The molecule has 2 N–H and O–H groups in total. The van der Waals surface area contributed by atoms with Gasteiger partial charge in [0.05, 0.1) is 7.11 Å². The molecule has 0 bridgehead atoms. The SMILES string of the molecule is C/C=C(C)/C(C)=C(/C=C(/N)CC)OC. The third-order valence-electron chi connectivity index (χ3n) is 2.34. The normalized spacial score (nSPS) is 15.2. The van der Waals surface area contributed by atoms with Gasteiger partial charge in [-0.2, -0.15) is 0 Å². The topological polar surface area (TPSA) is 35.2 Å². The fraction of sp³-hybridized carbons (Fsp3) is 0.500. The molecule has 0 rings (SSSR count). The van der Waals surface area contributed by atoms with E-state index in [9.17, 15) is 0 Å². The Kier molecular flexibility index (Phi) is 5.77. The van der Waals surface area contributed by atoms with E-state index in [4.69, 9.17) is 10.5 Å². The molecule has 0 aliphatic rings. The molecule has 0 aliphatic heterocycles. The van der Waals surface area contributed by atoms with Crippen LogP contribution < -0.4 is 5.73 Å². The van der Waals surface area contributed by atoms with Gasteiger partial charge in [0.25, 0.3) is 0 Å². The molecule has 14 heavy (non-hydrogen) atoms. The lowest BCUT2D eigenvalue weighted by atomic mass is 10.1. The highest BCUT2D eigenvalue weighted by atomic mass is 16.5. The molecule has 0 spiro atoms. The number of ether oxygens (including phenoxy) is 1. The molecule has 0 aromatic carbocycles. The second kappa shape index (κ2) is 6.30. The number of hydrogen-bond acceptors (Lipinski definition) is 2. The van der Waals surface area contributed by atoms with Crippen LogP contribution in [0.4, 0.5) is 0 Å². The second-order valence-corrected chi connectivity index (χ2v) is 3.24. The Balaban J connectivity index is 5.05. The molecule has 0 fully saturated rings. The van der Waals surface area contributed by atoms with Crippen LogP contribution in [0.3, 0.4) is 0 Å². The molecule has 0 saturated carbocycles. The van der Waals surface area contributed by atoms with E-state index in [-0.39, 0.29) is 0 Å². The van der Waals surface area contributed by atoms with E-state index in [2.05, 4.69) is 13.0 Å². The van der Waals surface area contributed by atoms with E-state index in [1.807, 2.05) is 26.8 Å². The summed E-state index contributed by atoms with van der Waals surface area (Å²) in [6.07, 6.45) is 4.79. The van der Waals surface area contributed by atoms with Gasteiger partial charge in [-0.25, -0.2) is 0 Å². The van der Waals surface area contributed by atoms with Crippen LogP contribution in [-0.2, 0) is 4.74 Å². The summed E-state index contributed by atoms with van der Waals surface area (Å²) in [6, 6.07) is 0. The molecule has 0 atom stereocenters. The number of allylic oxidation sites excluding steroid dienone is 5. The summed E-state index contributed by atoms with van der Waals surface area (Å²) in [5, 5.41) is 0. The quantitative estimate of drug-likeness (QED) is 0.552. The average molecular weight is 195 g/mol. The maximum absolute atomic E-state index is 5.76. The molecule has 0 unspecified atom stereocenters. The van der Waals surface area contributed by atoms with E-state index in [0.29, 0.717) is 0 Å². The molecule has 0 radical (unpaired) electrons. The summed E-state index contributed by atoms with van der Waals surface area (Å²) in [7, 11) is 1.67. The lowest BCUT2D eigenvalue weighted by molar-refractivity contribution is 0.302. The summed E-state index contributed by atoms with van der Waals surface area (Å²) >= 11 is 0. The van der Waals surface area contributed by atoms with Gasteiger partial charge in [0.1, 0.15) is 5.76 Å². The molecule has 0 amide bonds. The highest BCUT2D eigenvalue weighted by Gasteiger charge is 2.01. The van der Waals surface area contributed by atoms with Crippen molar-refractivity contribution in [2.45, 2.75) is 34.1 Å². The molecule has 2 heteroatoms. The van der Waals surface area contributed by atoms with Crippen LogP contribution in [0.2, 0.25) is 0 Å². The van der Waals surface area contributed by atoms with Gasteiger partial charge in [-0.15, -0.1) is 0 Å². The molecular formula is C12H21NO. The number of nitrogens with two attached hydrogens (primary N) is 1. The van der Waals surface area contributed by atoms with Gasteiger partial charge in [-0.3, -0.25) is 0 Å². The van der Waals surface area contributed by atoms with Gasteiger partial charge in [0, 0.05) is 5.70 Å². The lowest BCUT2D eigenvalue weighted by Gasteiger charge is -2.08. The van der Waals surface area contributed by atoms with Crippen LogP contribution in [0.25, 0.3) is 0 Å². The Morgan fingerprint density at radius 1 is 1.36 bits per heavy atom. The first-order valence-corrected chi connectivity index (χ1v) is 4.91. The molecule has 2 nitrogen and oxygen atoms in total. The Labute approximate surface area is 87.1 Å². The minimum Gasteiger partial charge on any atom is -0.496 e. The summed E-state index contributed by atoms with van der Waals surface area (Å²) in [6.45, 7) is 8.13. The van der Waals surface area contributed by atoms with Crippen LogP contribution in [-0.4, -0.2) is 7.11 Å². The molecule has 0 aliphatic carbocycles. The minimum atomic E-state index is 0.838. The molecule has 0 saturated heterocycles. The van der Waals surface area contributed by atoms with E-state index < -0.39 is 0 Å². The fourth-order valence-corrected chi connectivity index (χ4v) is 1.00. The van der Waals surface area contributed by atoms with Crippen LogP contribution in [0.5, 0.6) is 0 Å². The maximum Gasteiger partial charge on any atom is 0.123 e. The van der Waals surface area contributed by atoms with E-state index in [0.717, 1.165) is 23.5 Å². The first kappa shape index (κ1) is 12.8. The zero-order valence-electron chi connectivity index (χ0n) is 9.85. The zero-order valence-corrected chi connectivity index (χ0v) is 9.85. The fourth-order valence-electron chi connectivity index (χ4n) is 1.00. The first-order chi connectivity index (χ1) is 6.56. The summed E-state index contributed by atoms with van der Waals surface area (Å²) in [5.74, 6) is 0.847. The van der Waals surface area contributed by atoms with Gasteiger partial charge in [-0.1, -0.05) is 13.0 Å². The number of rotatable bonds is 4. The Hall–Kier alpha value is -1.18. The lowest BCUT2D eigenvalue weighted by Crippen LogP contribution is -1.98. The highest BCUT2D eigenvalue weighted by Crippen LogP contribution is 2.16. The van der Waals surface area contributed by atoms with Crippen molar-refractivity contribution in [3.8, 4) is 0 Å². The minimum absolute atomic E-state index is 0.838. The molecule has 0 aromatic heterocycles. The van der Waals surface area contributed by atoms with Crippen LogP contribution >= 0.6 is 0 Å². The van der Waals surface area contributed by atoms with E-state index >= 15 is 0 Å². The largest absolute Gasteiger partial charge is 0.496 e. The van der Waals surface area contributed by atoms with Crippen molar-refractivity contribution in [3.63, 3.8) is 0 Å². The predicted molar refractivity (Wildman–Crippen MR) is 61.7 cm³/mol. The van der Waals surface area contributed by atoms with E-state index in [1.165, 1.54) is 5.57 Å². The predicted octanol–water partition coefficient (Wildman–Crippen LogP) is 3.13. The van der Waals surface area contributed by atoms with Crippen molar-refractivity contribution < 1.29 is 4.74 Å². The zero-order chi connectivity index (χ0) is 11.1. The number of hydrogen-bond donors (Lipinski definition) is 1. The van der Waals surface area contributed by atoms with Gasteiger partial charge >= 0.3 is 0 Å². The summed E-state index contributed by atoms with van der Waals surface area (Å²) < 4.78 is 5.29. The molecule has 80 valence electrons. The van der Waals surface area contributed by atoms with Crippen molar-refractivity contribution in [2.75, 3.05) is 7.11 Å². The van der Waals surface area contributed by atoms with Crippen LogP contribution in [0, 0.1) is 0 Å². The maximum atomic E-state index is 5.76. The van der Waals surface area contributed by atoms with E-state index in [1.54, 1.807) is 7.11 Å². The second-order valence-electron chi connectivity index (χ2n) is 3.24. The van der Waals surface area contributed by atoms with Crippen molar-refractivity contribution in [1.29, 1.82) is 0 Å². The average Bonchev–Trinajstić information content (AvgIpc) is 2.23. The summed E-state index contributed by atoms with van der Waals surface area (Å²) in [4.78, 5) is 0. The highest BCUT2D eigenvalue weighted by molar-refractivity contribution is 5.35. The molecular weight excluding hydrogens is 174 g/mol. The standard InChI is InChI=1S/C12H21NO/c1-6-9(3)10(4)12(14-5)8-11(13)7-2/h6,8H,7,13H2,1-5H3/b9-6+,11-8+,12-10-. The third kappa shape index (κ3) is 3.69.